The quantitative estimate of drug-likeness (QED) is 0.631. The molecule has 1 atom stereocenters. The fourth-order valence-corrected chi connectivity index (χ4v) is 3.87. The Morgan fingerprint density at radius 1 is 1.42 bits per heavy atom. The van der Waals surface area contributed by atoms with E-state index in [2.05, 4.69) is 5.10 Å². The highest BCUT2D eigenvalue weighted by molar-refractivity contribution is 14.1. The second kappa shape index (κ2) is 7.21. The largest absolute Gasteiger partial charge is 0.490 e. The van der Waals surface area contributed by atoms with E-state index in [1.54, 1.807) is 22.7 Å². The van der Waals surface area contributed by atoms with Gasteiger partial charge in [0.15, 0.2) is 11.6 Å². The van der Waals surface area contributed by atoms with Crippen LogP contribution in [0.3, 0.4) is 0 Å². The minimum Gasteiger partial charge on any atom is -0.490 e. The predicted octanol–water partition coefficient (Wildman–Crippen LogP) is 3.95. The average Bonchev–Trinajstić information content (AvgIpc) is 3.10. The third-order valence-electron chi connectivity index (χ3n) is 4.29. The molecule has 2 aromatic rings. The number of halogens is 2. The van der Waals surface area contributed by atoms with Crippen LogP contribution in [0.2, 0.25) is 0 Å². The number of amides is 1. The van der Waals surface area contributed by atoms with Crippen LogP contribution in [0.1, 0.15) is 27.2 Å². The molecule has 142 valence electrons. The topological polar surface area (TPSA) is 56.6 Å². The van der Waals surface area contributed by atoms with Crippen LogP contribution in [0.25, 0.3) is 10.9 Å². The normalized spacial score (nSPS) is 17.8. The van der Waals surface area contributed by atoms with Gasteiger partial charge in [-0.15, -0.1) is 0 Å². The fourth-order valence-electron chi connectivity index (χ4n) is 3.03. The van der Waals surface area contributed by atoms with E-state index in [1.165, 1.54) is 0 Å². The molecular weight excluding hydrogens is 452 g/mol. The molecule has 1 aromatic carbocycles. The lowest BCUT2D eigenvalue weighted by atomic mass is 10.1. The molecule has 3 rings (SSSR count). The van der Waals surface area contributed by atoms with Gasteiger partial charge in [-0.2, -0.15) is 5.10 Å². The van der Waals surface area contributed by atoms with Crippen molar-refractivity contribution in [2.45, 2.75) is 32.8 Å². The lowest BCUT2D eigenvalue weighted by Gasteiger charge is -2.24. The Labute approximate surface area is 165 Å². The molecular formula is C18H23FIN3O3. The summed E-state index contributed by atoms with van der Waals surface area (Å²) < 4.78 is 28.1. The van der Waals surface area contributed by atoms with Crippen LogP contribution < -0.4 is 4.74 Å². The number of carbonyl (C=O) groups is 1. The van der Waals surface area contributed by atoms with E-state index < -0.39 is 5.60 Å². The van der Waals surface area contributed by atoms with E-state index in [0.717, 1.165) is 11.9 Å². The summed E-state index contributed by atoms with van der Waals surface area (Å²) in [6.45, 7) is 7.09. The number of rotatable bonds is 3. The van der Waals surface area contributed by atoms with E-state index in [4.69, 9.17) is 9.47 Å². The fraction of sp³-hybridized carbons (Fsp3) is 0.556. The Balaban J connectivity index is 1.62. The number of ether oxygens (including phenoxy) is 2. The zero-order valence-electron chi connectivity index (χ0n) is 15.4. The number of benzene rings is 1. The molecule has 0 N–H and O–H groups in total. The summed E-state index contributed by atoms with van der Waals surface area (Å²) in [7, 11) is 1.79. The van der Waals surface area contributed by atoms with Gasteiger partial charge in [-0.05, 0) is 61.9 Å². The van der Waals surface area contributed by atoms with E-state index in [-0.39, 0.29) is 23.6 Å². The molecule has 26 heavy (non-hydrogen) atoms. The number of carbonyl (C=O) groups excluding carboxylic acids is 1. The van der Waals surface area contributed by atoms with Gasteiger partial charge in [0.2, 0.25) is 0 Å². The highest BCUT2D eigenvalue weighted by Gasteiger charge is 2.30. The molecule has 2 heterocycles. The van der Waals surface area contributed by atoms with Crippen molar-refractivity contribution in [2.24, 2.45) is 13.0 Å². The Hall–Kier alpha value is -1.58. The number of nitrogens with zero attached hydrogens (tertiary/aromatic N) is 3. The number of hydrogen-bond donors (Lipinski definition) is 0. The second-order valence-electron chi connectivity index (χ2n) is 7.58. The van der Waals surface area contributed by atoms with Gasteiger partial charge in [0, 0.05) is 26.1 Å². The number of fused-ring (bicyclic) bond motifs is 1. The smallest absolute Gasteiger partial charge is 0.410 e. The van der Waals surface area contributed by atoms with Crippen LogP contribution in [0.5, 0.6) is 5.75 Å². The molecule has 1 aliphatic rings. The third-order valence-corrected chi connectivity index (χ3v) is 5.04. The molecule has 1 amide bonds. The van der Waals surface area contributed by atoms with Crippen LogP contribution in [-0.4, -0.2) is 46.1 Å². The number of likely N-dealkylation sites (tertiary alicyclic amines) is 1. The van der Waals surface area contributed by atoms with Gasteiger partial charge in [0.05, 0.1) is 17.5 Å². The van der Waals surface area contributed by atoms with E-state index in [9.17, 15) is 9.18 Å². The standard InChI is InChI=1S/C18H23FIN3O3/c1-18(2,3)26-17(24)23-8-7-11(9-23)10-25-13-6-5-12-14(15(13)19)16(20)21-22(12)4/h5-6,11H,7-10H2,1-4H3/t11-/m1/s1. The zero-order chi connectivity index (χ0) is 19.1. The molecule has 8 heteroatoms. The summed E-state index contributed by atoms with van der Waals surface area (Å²) in [6, 6.07) is 3.45. The third kappa shape index (κ3) is 4.05. The number of aromatic nitrogens is 2. The molecule has 0 radical (unpaired) electrons. The van der Waals surface area contributed by atoms with E-state index in [0.29, 0.717) is 28.8 Å². The number of aryl methyl sites for hydroxylation is 1. The summed E-state index contributed by atoms with van der Waals surface area (Å²) in [5.74, 6) is -0.00767. The SMILES string of the molecule is Cn1nc(I)c2c(F)c(OC[C@@H]3CCN(C(=O)OC(C)(C)C)C3)ccc21. The van der Waals surface area contributed by atoms with E-state index >= 15 is 0 Å². The summed E-state index contributed by atoms with van der Waals surface area (Å²) in [4.78, 5) is 13.8. The van der Waals surface area contributed by atoms with Crippen molar-refractivity contribution in [1.82, 2.24) is 14.7 Å². The first-order valence-corrected chi connectivity index (χ1v) is 9.65. The Morgan fingerprint density at radius 3 is 2.85 bits per heavy atom. The van der Waals surface area contributed by atoms with Gasteiger partial charge in [-0.1, -0.05) is 0 Å². The van der Waals surface area contributed by atoms with Crippen LogP contribution in [-0.2, 0) is 11.8 Å². The predicted molar refractivity (Wildman–Crippen MR) is 105 cm³/mol. The highest BCUT2D eigenvalue weighted by atomic mass is 127. The molecule has 0 saturated carbocycles. The van der Waals surface area contributed by atoms with Crippen molar-refractivity contribution < 1.29 is 18.7 Å². The molecule has 1 aliphatic heterocycles. The Morgan fingerprint density at radius 2 is 2.15 bits per heavy atom. The van der Waals surface area contributed by atoms with Crippen LogP contribution >= 0.6 is 22.6 Å². The van der Waals surface area contributed by atoms with Gasteiger partial charge < -0.3 is 14.4 Å². The van der Waals surface area contributed by atoms with Gasteiger partial charge >= 0.3 is 6.09 Å². The lowest BCUT2D eigenvalue weighted by molar-refractivity contribution is 0.0284. The van der Waals surface area contributed by atoms with Crippen molar-refractivity contribution in [3.05, 3.63) is 21.7 Å². The monoisotopic (exact) mass is 475 g/mol. The van der Waals surface area contributed by atoms with Crippen molar-refractivity contribution in [2.75, 3.05) is 19.7 Å². The molecule has 0 bridgehead atoms. The van der Waals surface area contributed by atoms with Crippen LogP contribution in [0, 0.1) is 15.4 Å². The van der Waals surface area contributed by atoms with Crippen molar-refractivity contribution in [3.63, 3.8) is 0 Å². The number of hydrogen-bond acceptors (Lipinski definition) is 4. The minimum atomic E-state index is -0.509. The Bertz CT molecular complexity index is 831. The van der Waals surface area contributed by atoms with Crippen LogP contribution in [0.15, 0.2) is 12.1 Å². The molecule has 1 fully saturated rings. The first kappa shape index (κ1) is 19.2. The van der Waals surface area contributed by atoms with Gasteiger partial charge in [-0.25, -0.2) is 9.18 Å². The summed E-state index contributed by atoms with van der Waals surface area (Å²) in [6.07, 6.45) is 0.505. The summed E-state index contributed by atoms with van der Waals surface area (Å²) in [5.41, 5.74) is 0.224. The summed E-state index contributed by atoms with van der Waals surface area (Å²) in [5, 5.41) is 4.72. The molecule has 1 aromatic heterocycles. The second-order valence-corrected chi connectivity index (χ2v) is 8.60. The van der Waals surface area contributed by atoms with Crippen molar-refractivity contribution in [1.29, 1.82) is 0 Å². The van der Waals surface area contributed by atoms with Crippen molar-refractivity contribution in [3.8, 4) is 5.75 Å². The Kier molecular flexibility index (Phi) is 5.32. The minimum absolute atomic E-state index is 0.158. The van der Waals surface area contributed by atoms with Gasteiger partial charge in [0.25, 0.3) is 0 Å². The maximum absolute atomic E-state index is 14.7. The maximum atomic E-state index is 14.7. The van der Waals surface area contributed by atoms with Crippen LogP contribution in [0.4, 0.5) is 9.18 Å². The zero-order valence-corrected chi connectivity index (χ0v) is 17.5. The molecule has 6 nitrogen and oxygen atoms in total. The van der Waals surface area contributed by atoms with E-state index in [1.807, 2.05) is 49.4 Å². The van der Waals surface area contributed by atoms with Gasteiger partial charge in [0.1, 0.15) is 9.30 Å². The van der Waals surface area contributed by atoms with Crippen molar-refractivity contribution >= 4 is 39.6 Å². The lowest BCUT2D eigenvalue weighted by Crippen LogP contribution is -2.35. The first-order chi connectivity index (χ1) is 12.2. The average molecular weight is 475 g/mol. The molecule has 1 saturated heterocycles. The maximum Gasteiger partial charge on any atom is 0.410 e. The summed E-state index contributed by atoms with van der Waals surface area (Å²) >= 11 is 2.02. The molecule has 0 aliphatic carbocycles. The molecule has 0 unspecified atom stereocenters. The first-order valence-electron chi connectivity index (χ1n) is 8.57. The molecule has 0 spiro atoms. The van der Waals surface area contributed by atoms with Gasteiger partial charge in [-0.3, -0.25) is 4.68 Å². The highest BCUT2D eigenvalue weighted by Crippen LogP contribution is 2.30.